The van der Waals surface area contributed by atoms with Gasteiger partial charge in [-0.25, -0.2) is 4.98 Å². The molecular weight excluding hydrogens is 412 g/mol. The maximum Gasteiger partial charge on any atom is 0.234 e. The van der Waals surface area contributed by atoms with Crippen LogP contribution in [-0.2, 0) is 25.5 Å². The molecule has 0 aliphatic heterocycles. The molecule has 0 fully saturated rings. The fourth-order valence-corrected chi connectivity index (χ4v) is 3.95. The number of ether oxygens (including phenoxy) is 1. The number of thioether (sulfide) groups is 1. The third kappa shape index (κ3) is 9.07. The zero-order chi connectivity index (χ0) is 21.1. The maximum absolute atomic E-state index is 12.2. The maximum atomic E-state index is 12.2. The summed E-state index contributed by atoms with van der Waals surface area (Å²) in [5, 5.41) is 10.1. The standard InChI is InChI=1S/C19H24N4O4S2/c1-13(24)21-14-5-3-6-15(9-14)22-18(26)12-29-19-23-16(11-28-19)10-17(25)20-7-4-8-27-2/h3,5-6,9,11H,4,7-8,10,12H2,1-2H3,(H,20,25)(H,21,24)(H,22,26). The molecule has 156 valence electrons. The lowest BCUT2D eigenvalue weighted by Crippen LogP contribution is -2.26. The van der Waals surface area contributed by atoms with E-state index in [2.05, 4.69) is 20.9 Å². The molecule has 29 heavy (non-hydrogen) atoms. The number of nitrogens with one attached hydrogen (secondary N) is 3. The third-order valence-corrected chi connectivity index (χ3v) is 5.58. The number of carbonyl (C=O) groups is 3. The molecule has 2 rings (SSSR count). The molecule has 0 aliphatic rings. The van der Waals surface area contributed by atoms with Gasteiger partial charge in [0.25, 0.3) is 0 Å². The van der Waals surface area contributed by atoms with E-state index in [9.17, 15) is 14.4 Å². The summed E-state index contributed by atoms with van der Waals surface area (Å²) >= 11 is 2.72. The fraction of sp³-hybridized carbons (Fsp3) is 0.368. The van der Waals surface area contributed by atoms with E-state index in [1.165, 1.54) is 30.0 Å². The van der Waals surface area contributed by atoms with Gasteiger partial charge in [0.2, 0.25) is 17.7 Å². The van der Waals surface area contributed by atoms with Crippen LogP contribution in [0.25, 0.3) is 0 Å². The van der Waals surface area contributed by atoms with Gasteiger partial charge in [-0.3, -0.25) is 14.4 Å². The van der Waals surface area contributed by atoms with Gasteiger partial charge >= 0.3 is 0 Å². The van der Waals surface area contributed by atoms with Crippen molar-refractivity contribution < 1.29 is 19.1 Å². The van der Waals surface area contributed by atoms with E-state index in [0.717, 1.165) is 10.8 Å². The van der Waals surface area contributed by atoms with Gasteiger partial charge in [-0.15, -0.1) is 11.3 Å². The van der Waals surface area contributed by atoms with Gasteiger partial charge in [-0.2, -0.15) is 0 Å². The number of rotatable bonds is 11. The first-order valence-corrected chi connectivity index (χ1v) is 10.8. The van der Waals surface area contributed by atoms with E-state index in [0.29, 0.717) is 30.2 Å². The summed E-state index contributed by atoms with van der Waals surface area (Å²) < 4.78 is 5.67. The van der Waals surface area contributed by atoms with Gasteiger partial charge in [0.15, 0.2) is 4.34 Å². The Hall–Kier alpha value is -2.43. The molecule has 0 unspecified atom stereocenters. The lowest BCUT2D eigenvalue weighted by Gasteiger charge is -2.07. The monoisotopic (exact) mass is 436 g/mol. The van der Waals surface area contributed by atoms with Gasteiger partial charge in [-0.05, 0) is 24.6 Å². The Morgan fingerprint density at radius 3 is 2.66 bits per heavy atom. The van der Waals surface area contributed by atoms with Gasteiger partial charge < -0.3 is 20.7 Å². The number of amides is 3. The van der Waals surface area contributed by atoms with Crippen molar-refractivity contribution in [1.29, 1.82) is 0 Å². The van der Waals surface area contributed by atoms with Gasteiger partial charge in [-0.1, -0.05) is 17.8 Å². The molecule has 0 radical (unpaired) electrons. The molecule has 0 aliphatic carbocycles. The van der Waals surface area contributed by atoms with Crippen LogP contribution in [0.1, 0.15) is 19.0 Å². The largest absolute Gasteiger partial charge is 0.385 e. The highest BCUT2D eigenvalue weighted by Gasteiger charge is 2.10. The Balaban J connectivity index is 1.75. The molecule has 0 spiro atoms. The highest BCUT2D eigenvalue weighted by Crippen LogP contribution is 2.23. The van der Waals surface area contributed by atoms with Crippen molar-refractivity contribution in [3.8, 4) is 0 Å². The van der Waals surface area contributed by atoms with Crippen LogP contribution in [0.2, 0.25) is 0 Å². The predicted molar refractivity (Wildman–Crippen MR) is 115 cm³/mol. The molecule has 1 aromatic carbocycles. The quantitative estimate of drug-likeness (QED) is 0.369. The van der Waals surface area contributed by atoms with Gasteiger partial charge in [0, 0.05) is 43.9 Å². The van der Waals surface area contributed by atoms with Crippen molar-refractivity contribution >= 4 is 52.2 Å². The molecule has 2 aromatic rings. The zero-order valence-electron chi connectivity index (χ0n) is 16.3. The average molecular weight is 437 g/mol. The highest BCUT2D eigenvalue weighted by molar-refractivity contribution is 8.01. The Bertz CT molecular complexity index is 841. The summed E-state index contributed by atoms with van der Waals surface area (Å²) in [6.45, 7) is 2.61. The molecule has 1 heterocycles. The van der Waals surface area contributed by atoms with Crippen LogP contribution in [0.4, 0.5) is 11.4 Å². The van der Waals surface area contributed by atoms with E-state index in [1.54, 1.807) is 31.4 Å². The van der Waals surface area contributed by atoms with Crippen LogP contribution in [0.5, 0.6) is 0 Å². The lowest BCUT2D eigenvalue weighted by atomic mass is 10.2. The Kier molecular flexibility index (Phi) is 9.62. The number of anilines is 2. The Morgan fingerprint density at radius 1 is 1.17 bits per heavy atom. The molecular formula is C19H24N4O4S2. The molecule has 8 nitrogen and oxygen atoms in total. The molecule has 1 aromatic heterocycles. The van der Waals surface area contributed by atoms with Gasteiger partial charge in [0.1, 0.15) is 0 Å². The third-order valence-electron chi connectivity index (χ3n) is 3.51. The molecule has 0 bridgehead atoms. The van der Waals surface area contributed by atoms with Crippen molar-refractivity contribution in [1.82, 2.24) is 10.3 Å². The number of carbonyl (C=O) groups excluding carboxylic acids is 3. The first kappa shape index (κ1) is 22.9. The topological polar surface area (TPSA) is 109 Å². The summed E-state index contributed by atoms with van der Waals surface area (Å²) in [5.41, 5.74) is 1.91. The van der Waals surface area contributed by atoms with E-state index >= 15 is 0 Å². The number of nitrogens with zero attached hydrogens (tertiary/aromatic N) is 1. The molecule has 3 amide bonds. The van der Waals surface area contributed by atoms with E-state index in [1.807, 2.05) is 5.38 Å². The molecule has 3 N–H and O–H groups in total. The minimum absolute atomic E-state index is 0.0836. The SMILES string of the molecule is COCCCNC(=O)Cc1csc(SCC(=O)Nc2cccc(NC(C)=O)c2)n1. The highest BCUT2D eigenvalue weighted by atomic mass is 32.2. The first-order valence-electron chi connectivity index (χ1n) is 8.96. The Morgan fingerprint density at radius 2 is 1.93 bits per heavy atom. The van der Waals surface area contributed by atoms with Crippen molar-refractivity contribution in [2.24, 2.45) is 0 Å². The summed E-state index contributed by atoms with van der Waals surface area (Å²) in [4.78, 5) is 39.5. The summed E-state index contributed by atoms with van der Waals surface area (Å²) in [5.74, 6) is -0.241. The average Bonchev–Trinajstić information content (AvgIpc) is 3.10. The summed E-state index contributed by atoms with van der Waals surface area (Å²) in [6.07, 6.45) is 0.982. The van der Waals surface area contributed by atoms with Crippen molar-refractivity contribution in [2.45, 2.75) is 24.1 Å². The number of benzene rings is 1. The number of methoxy groups -OCH3 is 1. The van der Waals surface area contributed by atoms with Gasteiger partial charge in [0.05, 0.1) is 17.9 Å². The van der Waals surface area contributed by atoms with Crippen LogP contribution < -0.4 is 16.0 Å². The zero-order valence-corrected chi connectivity index (χ0v) is 18.0. The lowest BCUT2D eigenvalue weighted by molar-refractivity contribution is -0.120. The normalized spacial score (nSPS) is 10.4. The van der Waals surface area contributed by atoms with Crippen LogP contribution >= 0.6 is 23.1 Å². The molecule has 0 saturated carbocycles. The van der Waals surface area contributed by atoms with Crippen LogP contribution in [0.15, 0.2) is 34.0 Å². The van der Waals surface area contributed by atoms with Crippen molar-refractivity contribution in [3.05, 3.63) is 35.3 Å². The summed E-state index contributed by atoms with van der Waals surface area (Å²) in [7, 11) is 1.62. The number of hydrogen-bond acceptors (Lipinski definition) is 7. The van der Waals surface area contributed by atoms with Crippen LogP contribution in [-0.4, -0.2) is 48.7 Å². The molecule has 0 atom stereocenters. The van der Waals surface area contributed by atoms with Crippen molar-refractivity contribution in [3.63, 3.8) is 0 Å². The summed E-state index contributed by atoms with van der Waals surface area (Å²) in [6, 6.07) is 6.94. The molecule has 10 heteroatoms. The fourth-order valence-electron chi connectivity index (χ4n) is 2.31. The number of aromatic nitrogens is 1. The second-order valence-electron chi connectivity index (χ2n) is 6.08. The molecule has 0 saturated heterocycles. The second kappa shape index (κ2) is 12.2. The number of thiazole rings is 1. The smallest absolute Gasteiger partial charge is 0.234 e. The van der Waals surface area contributed by atoms with E-state index in [4.69, 9.17) is 4.74 Å². The van der Waals surface area contributed by atoms with E-state index < -0.39 is 0 Å². The second-order valence-corrected chi connectivity index (χ2v) is 8.16. The first-order chi connectivity index (χ1) is 14.0. The van der Waals surface area contributed by atoms with Crippen LogP contribution in [0.3, 0.4) is 0 Å². The predicted octanol–water partition coefficient (Wildman–Crippen LogP) is 2.53. The Labute approximate surface area is 177 Å². The van der Waals surface area contributed by atoms with Crippen molar-refractivity contribution in [2.75, 3.05) is 36.6 Å². The number of hydrogen-bond donors (Lipinski definition) is 3. The van der Waals surface area contributed by atoms with Crippen LogP contribution in [0, 0.1) is 0 Å². The minimum Gasteiger partial charge on any atom is -0.385 e. The minimum atomic E-state index is -0.178. The van der Waals surface area contributed by atoms with E-state index in [-0.39, 0.29) is 29.9 Å².